The molecular formula is C58H101N5O11S. The topological polar surface area (TPSA) is 191 Å². The van der Waals surface area contributed by atoms with E-state index in [4.69, 9.17) is 33.2 Å². The second kappa shape index (κ2) is 24.4. The third-order valence-electron chi connectivity index (χ3n) is 21.4. The first kappa shape index (κ1) is 58.3. The number of nitrogens with zero attached hydrogens (tertiary/aromatic N) is 1. The Balaban J connectivity index is 0.608. The number of fused-ring (bicyclic) bond motifs is 5. The van der Waals surface area contributed by atoms with Crippen molar-refractivity contribution in [1.82, 2.24) is 26.2 Å². The van der Waals surface area contributed by atoms with Gasteiger partial charge in [0.2, 0.25) is 5.91 Å². The molecule has 3 unspecified atom stereocenters. The molecule has 4 aliphatic heterocycles. The third kappa shape index (κ3) is 11.8. The van der Waals surface area contributed by atoms with Crippen LogP contribution in [0.4, 0.5) is 4.79 Å². The van der Waals surface area contributed by atoms with Crippen LogP contribution in [0.5, 0.6) is 0 Å². The van der Waals surface area contributed by atoms with Crippen LogP contribution < -0.4 is 21.3 Å². The molecule has 430 valence electrons. The molecule has 9 fully saturated rings. The number of aliphatic hydroxyl groups excluding tert-OH is 1. The van der Waals surface area contributed by atoms with Gasteiger partial charge in [-0.25, -0.2) is 4.79 Å². The highest BCUT2D eigenvalue weighted by atomic mass is 32.2. The van der Waals surface area contributed by atoms with Crippen molar-refractivity contribution in [1.29, 1.82) is 0 Å². The first-order chi connectivity index (χ1) is 35.9. The summed E-state index contributed by atoms with van der Waals surface area (Å²) in [5.41, 5.74) is -0.654. The van der Waals surface area contributed by atoms with E-state index in [9.17, 15) is 19.8 Å². The van der Waals surface area contributed by atoms with Gasteiger partial charge in [0, 0.05) is 75.4 Å². The lowest BCUT2D eigenvalue weighted by Gasteiger charge is -2.64. The van der Waals surface area contributed by atoms with Crippen LogP contribution in [0.1, 0.15) is 145 Å². The summed E-state index contributed by atoms with van der Waals surface area (Å²) in [5, 5.41) is 37.0. The van der Waals surface area contributed by atoms with Gasteiger partial charge in [-0.1, -0.05) is 41.0 Å². The summed E-state index contributed by atoms with van der Waals surface area (Å²) < 4.78 is 43.7. The average molecular weight is 1080 g/mol. The number of thioether (sulfide) groups is 1. The fraction of sp³-hybridized carbons (Fsp3) is 0.966. The molecule has 0 aromatic carbocycles. The molecule has 0 aromatic rings. The number of hydrogen-bond acceptors (Lipinski definition) is 14. The Morgan fingerprint density at radius 2 is 1.64 bits per heavy atom. The number of carbonyl (C=O) groups excluding carboxylic acids is 2. The van der Waals surface area contributed by atoms with Crippen molar-refractivity contribution in [2.24, 2.45) is 50.7 Å². The number of aliphatic hydroxyl groups is 2. The molecule has 9 rings (SSSR count). The van der Waals surface area contributed by atoms with Gasteiger partial charge in [-0.3, -0.25) is 9.69 Å². The van der Waals surface area contributed by atoms with E-state index in [-0.39, 0.29) is 76.2 Å². The van der Waals surface area contributed by atoms with Crippen LogP contribution in [0.3, 0.4) is 0 Å². The molecule has 16 nitrogen and oxygen atoms in total. The van der Waals surface area contributed by atoms with Crippen LogP contribution in [0.25, 0.3) is 0 Å². The van der Waals surface area contributed by atoms with Gasteiger partial charge in [-0.05, 0) is 150 Å². The monoisotopic (exact) mass is 1080 g/mol. The van der Waals surface area contributed by atoms with Crippen LogP contribution in [0.2, 0.25) is 0 Å². The summed E-state index contributed by atoms with van der Waals surface area (Å²) in [6.45, 7) is 27.8. The number of unbranched alkanes of at least 4 members (excludes halogenated alkanes) is 1. The summed E-state index contributed by atoms with van der Waals surface area (Å²) in [5.74, 6) is 2.79. The van der Waals surface area contributed by atoms with E-state index in [1.807, 2.05) is 32.5 Å². The Morgan fingerprint density at radius 1 is 0.920 bits per heavy atom. The fourth-order valence-electron chi connectivity index (χ4n) is 17.8. The highest BCUT2D eigenvalue weighted by Crippen LogP contribution is 2.89. The summed E-state index contributed by atoms with van der Waals surface area (Å²) in [4.78, 5) is 26.3. The molecular weight excluding hydrogens is 975 g/mol. The lowest BCUT2D eigenvalue weighted by atomic mass is 9.41. The minimum Gasteiger partial charge on any atom is -0.390 e. The SMILES string of the molecule is CCO[C@@H]([C@H]1C[C@@H](C)[C@H]2[C@H](O1)[C@H](O)[C@@]1(C)[C@@H]3CC[C@H]4C(C)(C)C(O[C@H]5CN(CCNCCCOCCOCCOCCCNC(=O)CCCCC6SC[C@@H]7NC(=O)N[C@H]67)CCO5)CC[C@@]45CC35CC[C@]21C)C(C)(C)O. The first-order valence-electron chi connectivity index (χ1n) is 30.0. The maximum Gasteiger partial charge on any atom is 0.315 e. The van der Waals surface area contributed by atoms with E-state index in [1.165, 1.54) is 25.7 Å². The highest BCUT2D eigenvalue weighted by Gasteiger charge is 2.84. The van der Waals surface area contributed by atoms with Crippen LogP contribution in [-0.4, -0.2) is 185 Å². The summed E-state index contributed by atoms with van der Waals surface area (Å²) in [7, 11) is 0. The molecule has 5 saturated carbocycles. The van der Waals surface area contributed by atoms with Crippen molar-refractivity contribution in [3.63, 3.8) is 0 Å². The van der Waals surface area contributed by atoms with E-state index >= 15 is 0 Å². The number of hydrogen-bond donors (Lipinski definition) is 6. The van der Waals surface area contributed by atoms with Crippen LogP contribution in [-0.2, 0) is 38.0 Å². The summed E-state index contributed by atoms with van der Waals surface area (Å²) in [6, 6.07) is 0.429. The van der Waals surface area contributed by atoms with Crippen molar-refractivity contribution in [2.45, 2.75) is 205 Å². The molecule has 0 aromatic heterocycles. The van der Waals surface area contributed by atoms with Gasteiger partial charge >= 0.3 is 6.03 Å². The lowest BCUT2D eigenvalue weighted by molar-refractivity contribution is -0.248. The Morgan fingerprint density at radius 3 is 2.39 bits per heavy atom. The number of nitrogens with one attached hydrogen (secondary N) is 4. The number of ether oxygens (including phenoxy) is 7. The summed E-state index contributed by atoms with van der Waals surface area (Å²) in [6.07, 6.45) is 12.8. The zero-order chi connectivity index (χ0) is 53.2. The highest BCUT2D eigenvalue weighted by molar-refractivity contribution is 8.00. The minimum atomic E-state index is -1.03. The van der Waals surface area contributed by atoms with Gasteiger partial charge in [0.15, 0.2) is 6.29 Å². The molecule has 17 atom stereocenters. The zero-order valence-electron chi connectivity index (χ0n) is 47.4. The van der Waals surface area contributed by atoms with Crippen molar-refractivity contribution in [3.05, 3.63) is 0 Å². The molecule has 17 heteroatoms. The molecule has 5 aliphatic carbocycles. The van der Waals surface area contributed by atoms with Crippen LogP contribution in [0.15, 0.2) is 0 Å². The number of rotatable bonds is 28. The van der Waals surface area contributed by atoms with Crippen molar-refractivity contribution in [3.8, 4) is 0 Å². The largest absolute Gasteiger partial charge is 0.390 e. The molecule has 4 saturated heterocycles. The van der Waals surface area contributed by atoms with Gasteiger partial charge in [0.05, 0.1) is 75.1 Å². The first-order valence-corrected chi connectivity index (χ1v) is 31.0. The normalized spacial score (nSPS) is 41.1. The molecule has 3 amide bonds. The molecule has 75 heavy (non-hydrogen) atoms. The predicted octanol–water partition coefficient (Wildman–Crippen LogP) is 6.28. The molecule has 2 spiro atoms. The van der Waals surface area contributed by atoms with Crippen molar-refractivity contribution < 1.29 is 53.0 Å². The maximum absolute atomic E-state index is 12.7. The minimum absolute atomic E-state index is 0.00788. The molecule has 9 aliphatic rings. The van der Waals surface area contributed by atoms with Crippen LogP contribution in [0, 0.1) is 50.7 Å². The second-order valence-corrected chi connectivity index (χ2v) is 27.6. The number of amides is 3. The quantitative estimate of drug-likeness (QED) is 0.0379. The van der Waals surface area contributed by atoms with E-state index in [0.29, 0.717) is 94.2 Å². The average Bonchev–Trinajstić information content (AvgIpc) is 3.71. The third-order valence-corrected chi connectivity index (χ3v) is 22.9. The van der Waals surface area contributed by atoms with E-state index in [2.05, 4.69) is 60.8 Å². The van der Waals surface area contributed by atoms with E-state index in [1.54, 1.807) is 0 Å². The van der Waals surface area contributed by atoms with E-state index in [0.717, 1.165) is 96.3 Å². The van der Waals surface area contributed by atoms with Crippen molar-refractivity contribution >= 4 is 23.7 Å². The Labute approximate surface area is 454 Å². The molecule has 4 heterocycles. The number of carbonyl (C=O) groups is 2. The van der Waals surface area contributed by atoms with Gasteiger partial charge in [0.1, 0.15) is 6.10 Å². The predicted molar refractivity (Wildman–Crippen MR) is 290 cm³/mol. The van der Waals surface area contributed by atoms with E-state index < -0.39 is 17.8 Å². The molecule has 0 bridgehead atoms. The molecule has 6 N–H and O–H groups in total. The van der Waals surface area contributed by atoms with Gasteiger partial charge in [-0.2, -0.15) is 11.8 Å². The van der Waals surface area contributed by atoms with Gasteiger partial charge in [0.25, 0.3) is 0 Å². The van der Waals surface area contributed by atoms with Gasteiger partial charge < -0.3 is 64.6 Å². The standard InChI is InChI=1S/C58H101N5O11S/c1-9-71-51(54(5,6)67)40-34-38(2)47-49(73-40)50(65)56(8)43-17-16-42-53(3,4)44(18-19-57(42)37-58(43,57)21-20-55(47,56)7)74-46-35-63(26-29-72-46)25-24-59-22-12-27-68-30-32-70-33-31-69-28-13-23-60-45(64)15-11-10-14-41-48-39(36-75-41)61-52(66)62-48/h38-44,46-51,59,65,67H,9-37H2,1-8H3,(H,60,64)(H2,61,62,66)/t38-,39+,40-,41?,42+,43+,44?,46+,47+,48+,49+,50+,51+,55-,56-,57-,58?/m1/s1. The zero-order valence-corrected chi connectivity index (χ0v) is 48.3. The van der Waals surface area contributed by atoms with Gasteiger partial charge in [-0.15, -0.1) is 0 Å². The Bertz CT molecular complexity index is 1900. The second-order valence-electron chi connectivity index (χ2n) is 26.3. The molecule has 0 radical (unpaired) electrons. The summed E-state index contributed by atoms with van der Waals surface area (Å²) >= 11 is 1.92. The smallest absolute Gasteiger partial charge is 0.315 e. The Kier molecular flexibility index (Phi) is 19.0. The van der Waals surface area contributed by atoms with Crippen molar-refractivity contribution in [2.75, 3.05) is 97.9 Å². The maximum atomic E-state index is 12.7. The van der Waals surface area contributed by atoms with Crippen LogP contribution >= 0.6 is 11.8 Å². The number of morpholine rings is 1. The number of urea groups is 1. The Hall–Kier alpha value is -1.35. The lowest BCUT2D eigenvalue weighted by Crippen LogP contribution is -2.60. The fourth-order valence-corrected chi connectivity index (χ4v) is 19.3.